The highest BCUT2D eigenvalue weighted by atomic mass is 32.2. The molecule has 1 rings (SSSR count). The Labute approximate surface area is 72.2 Å². The second kappa shape index (κ2) is 5.19. The number of pyridine rings is 1. The first kappa shape index (κ1) is 8.60. The van der Waals surface area contributed by atoms with E-state index in [1.54, 1.807) is 0 Å². The minimum absolute atomic E-state index is 1.10. The van der Waals surface area contributed by atoms with Gasteiger partial charge in [-0.15, -0.1) is 0 Å². The molecule has 1 heterocycles. The van der Waals surface area contributed by atoms with Crippen molar-refractivity contribution in [3.05, 3.63) is 30.1 Å². The van der Waals surface area contributed by atoms with Gasteiger partial charge in [0.25, 0.3) is 0 Å². The molecule has 0 N–H and O–H groups in total. The molecule has 0 aliphatic rings. The fraction of sp³-hybridized carbons (Fsp3) is 0.444. The van der Waals surface area contributed by atoms with Crippen molar-refractivity contribution in [1.82, 2.24) is 4.98 Å². The van der Waals surface area contributed by atoms with Gasteiger partial charge in [0.2, 0.25) is 0 Å². The zero-order chi connectivity index (χ0) is 7.94. The molecule has 2 heteroatoms. The van der Waals surface area contributed by atoms with Gasteiger partial charge in [0.15, 0.2) is 0 Å². The van der Waals surface area contributed by atoms with E-state index in [-0.39, 0.29) is 0 Å². The number of aromatic nitrogens is 1. The Hall–Kier alpha value is -0.500. The number of thioether (sulfide) groups is 1. The van der Waals surface area contributed by atoms with Crippen molar-refractivity contribution in [2.24, 2.45) is 0 Å². The molecule has 0 aliphatic carbocycles. The van der Waals surface area contributed by atoms with E-state index in [9.17, 15) is 0 Å². The molecule has 0 saturated carbocycles. The van der Waals surface area contributed by atoms with Crippen LogP contribution in [-0.2, 0) is 5.75 Å². The Kier molecular flexibility index (Phi) is 4.06. The minimum Gasteiger partial charge on any atom is -0.264 e. The second-order valence-corrected chi connectivity index (χ2v) is 3.52. The van der Waals surface area contributed by atoms with E-state index in [0.717, 1.165) is 5.75 Å². The van der Waals surface area contributed by atoms with Crippen LogP contribution < -0.4 is 0 Å². The molecule has 0 saturated heterocycles. The van der Waals surface area contributed by atoms with Gasteiger partial charge in [0, 0.05) is 18.1 Å². The quantitative estimate of drug-likeness (QED) is 0.639. The summed E-state index contributed by atoms with van der Waals surface area (Å²) in [6.45, 7) is 2.20. The summed E-state index contributed by atoms with van der Waals surface area (Å²) in [5.41, 5.74) is 1.32. The van der Waals surface area contributed by atoms with Gasteiger partial charge >= 0.3 is 0 Å². The summed E-state index contributed by atoms with van der Waals surface area (Å²) in [4.78, 5) is 4.05. The summed E-state index contributed by atoms with van der Waals surface area (Å²) in [6.07, 6.45) is 5.00. The van der Waals surface area contributed by atoms with Crippen LogP contribution in [0.4, 0.5) is 0 Å². The Morgan fingerprint density at radius 3 is 3.09 bits per heavy atom. The molecule has 1 aromatic heterocycles. The van der Waals surface area contributed by atoms with Crippen LogP contribution in [0.15, 0.2) is 24.5 Å². The van der Waals surface area contributed by atoms with E-state index in [1.165, 1.54) is 17.7 Å². The van der Waals surface area contributed by atoms with Crippen molar-refractivity contribution >= 4 is 11.8 Å². The van der Waals surface area contributed by atoms with Gasteiger partial charge < -0.3 is 0 Å². The summed E-state index contributed by atoms with van der Waals surface area (Å²) in [5, 5.41) is 0. The first-order valence-corrected chi connectivity index (χ1v) is 5.05. The summed E-state index contributed by atoms with van der Waals surface area (Å²) < 4.78 is 0. The van der Waals surface area contributed by atoms with Gasteiger partial charge in [-0.1, -0.05) is 13.0 Å². The van der Waals surface area contributed by atoms with E-state index >= 15 is 0 Å². The van der Waals surface area contributed by atoms with Crippen molar-refractivity contribution in [3.8, 4) is 0 Å². The van der Waals surface area contributed by atoms with Gasteiger partial charge in [0.05, 0.1) is 0 Å². The van der Waals surface area contributed by atoms with E-state index < -0.39 is 0 Å². The van der Waals surface area contributed by atoms with Gasteiger partial charge in [0.1, 0.15) is 0 Å². The molecule has 0 radical (unpaired) electrons. The fourth-order valence-electron chi connectivity index (χ4n) is 0.818. The average Bonchev–Trinajstić information content (AvgIpc) is 2.07. The smallest absolute Gasteiger partial charge is 0.0308 e. The molecule has 0 fully saturated rings. The summed E-state index contributed by atoms with van der Waals surface area (Å²) in [6, 6.07) is 4.11. The first-order chi connectivity index (χ1) is 5.43. The van der Waals surface area contributed by atoms with Crippen LogP contribution in [0.25, 0.3) is 0 Å². The van der Waals surface area contributed by atoms with Gasteiger partial charge in [-0.2, -0.15) is 11.8 Å². The molecule has 11 heavy (non-hydrogen) atoms. The van der Waals surface area contributed by atoms with Crippen LogP contribution in [0.2, 0.25) is 0 Å². The van der Waals surface area contributed by atoms with E-state index in [0.29, 0.717) is 0 Å². The highest BCUT2D eigenvalue weighted by molar-refractivity contribution is 7.98. The average molecular weight is 167 g/mol. The Bertz CT molecular complexity index is 186. The van der Waals surface area contributed by atoms with Crippen LogP contribution in [0, 0.1) is 0 Å². The molecule has 60 valence electrons. The van der Waals surface area contributed by atoms with Crippen molar-refractivity contribution < 1.29 is 0 Å². The third-order valence-electron chi connectivity index (χ3n) is 1.34. The molecule has 0 atom stereocenters. The summed E-state index contributed by atoms with van der Waals surface area (Å²) in [5.74, 6) is 2.34. The fourth-order valence-corrected chi connectivity index (χ4v) is 1.66. The molecule has 0 amide bonds. The highest BCUT2D eigenvalue weighted by Gasteiger charge is 1.90. The normalized spacial score (nSPS) is 9.91. The number of hydrogen-bond acceptors (Lipinski definition) is 2. The molecule has 1 aromatic rings. The maximum atomic E-state index is 4.05. The number of rotatable bonds is 4. The Morgan fingerprint density at radius 1 is 1.55 bits per heavy atom. The lowest BCUT2D eigenvalue weighted by Crippen LogP contribution is -1.82. The molecule has 0 unspecified atom stereocenters. The maximum absolute atomic E-state index is 4.05. The molecule has 0 aromatic carbocycles. The van der Waals surface area contributed by atoms with Gasteiger partial charge in [-0.3, -0.25) is 4.98 Å². The minimum atomic E-state index is 1.10. The second-order valence-electron chi connectivity index (χ2n) is 2.41. The highest BCUT2D eigenvalue weighted by Crippen LogP contribution is 2.10. The van der Waals surface area contributed by atoms with Crippen LogP contribution >= 0.6 is 11.8 Å². The van der Waals surface area contributed by atoms with E-state index in [4.69, 9.17) is 0 Å². The molecule has 1 nitrogen and oxygen atoms in total. The molecule has 0 spiro atoms. The lowest BCUT2D eigenvalue weighted by Gasteiger charge is -1.97. The van der Waals surface area contributed by atoms with Gasteiger partial charge in [-0.05, 0) is 23.8 Å². The summed E-state index contributed by atoms with van der Waals surface area (Å²) >= 11 is 1.97. The van der Waals surface area contributed by atoms with Crippen LogP contribution in [0.3, 0.4) is 0 Å². The standard InChI is InChI=1S/C9H13NS/c1-2-6-11-8-9-4-3-5-10-7-9/h3-5,7H,2,6,8H2,1H3. The Morgan fingerprint density at radius 2 is 2.45 bits per heavy atom. The third-order valence-corrected chi connectivity index (χ3v) is 2.57. The van der Waals surface area contributed by atoms with Gasteiger partial charge in [-0.25, -0.2) is 0 Å². The molecular formula is C9H13NS. The van der Waals surface area contributed by atoms with Crippen molar-refractivity contribution in [1.29, 1.82) is 0 Å². The number of hydrogen-bond donors (Lipinski definition) is 0. The SMILES string of the molecule is CCCSCc1cccnc1. The maximum Gasteiger partial charge on any atom is 0.0308 e. The van der Waals surface area contributed by atoms with Crippen molar-refractivity contribution in [3.63, 3.8) is 0 Å². The zero-order valence-corrected chi connectivity index (χ0v) is 7.60. The number of nitrogens with zero attached hydrogens (tertiary/aromatic N) is 1. The molecular weight excluding hydrogens is 154 g/mol. The van der Waals surface area contributed by atoms with Crippen molar-refractivity contribution in [2.75, 3.05) is 5.75 Å². The molecule has 0 bridgehead atoms. The molecule has 0 aliphatic heterocycles. The lowest BCUT2D eigenvalue weighted by molar-refractivity contribution is 1.10. The Balaban J connectivity index is 2.28. The lowest BCUT2D eigenvalue weighted by atomic mass is 10.3. The first-order valence-electron chi connectivity index (χ1n) is 3.90. The van der Waals surface area contributed by atoms with Crippen molar-refractivity contribution in [2.45, 2.75) is 19.1 Å². The van der Waals surface area contributed by atoms with Crippen LogP contribution in [0.5, 0.6) is 0 Å². The van der Waals surface area contributed by atoms with E-state index in [1.807, 2.05) is 30.2 Å². The third kappa shape index (κ3) is 3.42. The predicted octanol–water partition coefficient (Wildman–Crippen LogP) is 2.72. The van der Waals surface area contributed by atoms with Crippen LogP contribution in [0.1, 0.15) is 18.9 Å². The van der Waals surface area contributed by atoms with Crippen LogP contribution in [-0.4, -0.2) is 10.7 Å². The predicted molar refractivity (Wildman–Crippen MR) is 50.7 cm³/mol. The monoisotopic (exact) mass is 167 g/mol. The largest absolute Gasteiger partial charge is 0.264 e. The van der Waals surface area contributed by atoms with E-state index in [2.05, 4.69) is 18.0 Å². The topological polar surface area (TPSA) is 12.9 Å². The zero-order valence-electron chi connectivity index (χ0n) is 6.79. The summed E-state index contributed by atoms with van der Waals surface area (Å²) in [7, 11) is 0.